The van der Waals surface area contributed by atoms with Crippen molar-refractivity contribution in [1.29, 1.82) is 0 Å². The molecule has 3 N–H and O–H groups in total. The number of aryl methyl sites for hydroxylation is 1. The maximum atomic E-state index is 9.42. The van der Waals surface area contributed by atoms with E-state index in [1.165, 1.54) is 0 Å². The fraction of sp³-hybridized carbons (Fsp3) is 0.733. The van der Waals surface area contributed by atoms with E-state index in [4.69, 9.17) is 0 Å². The van der Waals surface area contributed by atoms with E-state index >= 15 is 0 Å². The van der Waals surface area contributed by atoms with Gasteiger partial charge in [-0.1, -0.05) is 6.92 Å². The molecule has 0 saturated heterocycles. The van der Waals surface area contributed by atoms with E-state index in [1.54, 1.807) is 11.8 Å². The second kappa shape index (κ2) is 9.10. The molecule has 1 heterocycles. The van der Waals surface area contributed by atoms with Gasteiger partial charge in [0, 0.05) is 29.8 Å². The molecule has 0 amide bonds. The lowest BCUT2D eigenvalue weighted by atomic mass is 10.2. The van der Waals surface area contributed by atoms with E-state index in [9.17, 15) is 5.11 Å². The lowest BCUT2D eigenvalue weighted by Gasteiger charge is -2.23. The van der Waals surface area contributed by atoms with Crippen molar-refractivity contribution < 1.29 is 5.11 Å². The van der Waals surface area contributed by atoms with Crippen molar-refractivity contribution in [2.24, 2.45) is 0 Å². The number of anilines is 2. The predicted molar refractivity (Wildman–Crippen MR) is 92.4 cm³/mol. The molecule has 2 unspecified atom stereocenters. The minimum atomic E-state index is 0.141. The molecule has 1 aromatic rings. The molecule has 1 aromatic heterocycles. The summed E-state index contributed by atoms with van der Waals surface area (Å²) in [7, 11) is 0. The quantitative estimate of drug-likeness (QED) is 0.651. The Morgan fingerprint density at radius 1 is 1.24 bits per heavy atom. The summed E-state index contributed by atoms with van der Waals surface area (Å²) in [6, 6.07) is 0.141. The smallest absolute Gasteiger partial charge is 0.135 e. The number of nitrogens with zero attached hydrogens (tertiary/aromatic N) is 2. The summed E-state index contributed by atoms with van der Waals surface area (Å²) in [5, 5.41) is 16.3. The lowest BCUT2D eigenvalue weighted by molar-refractivity contribution is 0.288. The Balaban J connectivity index is 3.03. The molecule has 120 valence electrons. The number of aromatic nitrogens is 2. The van der Waals surface area contributed by atoms with Gasteiger partial charge < -0.3 is 15.7 Å². The van der Waals surface area contributed by atoms with Crippen molar-refractivity contribution in [2.75, 3.05) is 30.0 Å². The first kappa shape index (κ1) is 18.0. The van der Waals surface area contributed by atoms with Crippen LogP contribution in [0.3, 0.4) is 0 Å². The summed E-state index contributed by atoms with van der Waals surface area (Å²) in [6.45, 7) is 9.28. The van der Waals surface area contributed by atoms with Gasteiger partial charge in [0.1, 0.15) is 17.5 Å². The summed E-state index contributed by atoms with van der Waals surface area (Å²) >= 11 is 1.66. The van der Waals surface area contributed by atoms with Gasteiger partial charge in [0.25, 0.3) is 0 Å². The van der Waals surface area contributed by atoms with Crippen LogP contribution in [-0.2, 0) is 6.42 Å². The van der Waals surface area contributed by atoms with Gasteiger partial charge in [0.2, 0.25) is 0 Å². The minimum Gasteiger partial charge on any atom is -0.395 e. The number of thioether (sulfide) groups is 1. The zero-order valence-electron chi connectivity index (χ0n) is 13.7. The molecule has 21 heavy (non-hydrogen) atoms. The molecule has 0 fully saturated rings. The molecule has 0 aliphatic carbocycles. The second-order valence-corrected chi connectivity index (χ2v) is 6.21. The molecule has 0 aromatic carbocycles. The molecular formula is C15H28N4OS. The zero-order valence-corrected chi connectivity index (χ0v) is 14.5. The third-order valence-electron chi connectivity index (χ3n) is 3.41. The van der Waals surface area contributed by atoms with E-state index in [-0.39, 0.29) is 17.9 Å². The number of aliphatic hydroxyl groups is 1. The van der Waals surface area contributed by atoms with E-state index < -0.39 is 0 Å². The SMILES string of the molecule is CCCc1nc(NCC)c(C)c(NC(C)C(CO)SC)n1. The second-order valence-electron chi connectivity index (χ2n) is 5.13. The molecule has 0 bridgehead atoms. The van der Waals surface area contributed by atoms with Crippen molar-refractivity contribution in [3.05, 3.63) is 11.4 Å². The molecular weight excluding hydrogens is 284 g/mol. The Labute approximate surface area is 132 Å². The summed E-state index contributed by atoms with van der Waals surface area (Å²) in [5.74, 6) is 2.62. The van der Waals surface area contributed by atoms with E-state index in [0.717, 1.165) is 42.4 Å². The fourth-order valence-corrected chi connectivity index (χ4v) is 2.75. The number of hydrogen-bond donors (Lipinski definition) is 3. The monoisotopic (exact) mass is 312 g/mol. The van der Waals surface area contributed by atoms with Crippen LogP contribution in [0.15, 0.2) is 0 Å². The first-order valence-corrected chi connectivity index (χ1v) is 8.87. The minimum absolute atomic E-state index is 0.141. The standard InChI is InChI=1S/C15H28N4OS/c1-6-8-13-18-14(16-7-2)10(3)15(19-13)17-11(4)12(9-20)21-5/h11-12,20H,6-9H2,1-5H3,(H2,16,17,18,19). The molecule has 0 radical (unpaired) electrons. The maximum Gasteiger partial charge on any atom is 0.135 e. The molecule has 0 spiro atoms. The first-order chi connectivity index (χ1) is 10.1. The van der Waals surface area contributed by atoms with E-state index in [0.29, 0.717) is 0 Å². The molecule has 0 aliphatic heterocycles. The van der Waals surface area contributed by atoms with Crippen molar-refractivity contribution in [1.82, 2.24) is 9.97 Å². The summed E-state index contributed by atoms with van der Waals surface area (Å²) < 4.78 is 0. The molecule has 0 saturated carbocycles. The lowest BCUT2D eigenvalue weighted by Crippen LogP contribution is -2.32. The highest BCUT2D eigenvalue weighted by atomic mass is 32.2. The number of nitrogens with one attached hydrogen (secondary N) is 2. The van der Waals surface area contributed by atoms with Crippen molar-refractivity contribution in [3.63, 3.8) is 0 Å². The maximum absolute atomic E-state index is 9.42. The van der Waals surface area contributed by atoms with Crippen LogP contribution in [0.4, 0.5) is 11.6 Å². The van der Waals surface area contributed by atoms with Gasteiger partial charge in [-0.25, -0.2) is 9.97 Å². The Bertz CT molecular complexity index is 438. The highest BCUT2D eigenvalue weighted by molar-refractivity contribution is 7.99. The van der Waals surface area contributed by atoms with Gasteiger partial charge in [-0.05, 0) is 33.4 Å². The van der Waals surface area contributed by atoms with Gasteiger partial charge in [-0.2, -0.15) is 11.8 Å². The van der Waals surface area contributed by atoms with Crippen molar-refractivity contribution in [3.8, 4) is 0 Å². The van der Waals surface area contributed by atoms with Crippen LogP contribution in [0, 0.1) is 6.92 Å². The van der Waals surface area contributed by atoms with Gasteiger partial charge in [0.15, 0.2) is 0 Å². The molecule has 0 aliphatic rings. The Kier molecular flexibility index (Phi) is 7.82. The van der Waals surface area contributed by atoms with Crippen molar-refractivity contribution >= 4 is 23.4 Å². The Morgan fingerprint density at radius 3 is 2.43 bits per heavy atom. The van der Waals surface area contributed by atoms with E-state index in [2.05, 4.69) is 41.4 Å². The third kappa shape index (κ3) is 5.04. The van der Waals surface area contributed by atoms with E-state index in [1.807, 2.05) is 13.2 Å². The van der Waals surface area contributed by atoms with Crippen LogP contribution in [0.5, 0.6) is 0 Å². The van der Waals surface area contributed by atoms with Gasteiger partial charge in [-0.3, -0.25) is 0 Å². The predicted octanol–water partition coefficient (Wildman–Crippen LogP) is 2.69. The first-order valence-electron chi connectivity index (χ1n) is 7.58. The van der Waals surface area contributed by atoms with Gasteiger partial charge in [-0.15, -0.1) is 0 Å². The number of aliphatic hydroxyl groups excluding tert-OH is 1. The number of rotatable bonds is 9. The van der Waals surface area contributed by atoms with Crippen LogP contribution in [0.25, 0.3) is 0 Å². The molecule has 1 rings (SSSR count). The highest BCUT2D eigenvalue weighted by Gasteiger charge is 2.18. The highest BCUT2D eigenvalue weighted by Crippen LogP contribution is 2.23. The Hall–Kier alpha value is -1.01. The third-order valence-corrected chi connectivity index (χ3v) is 4.58. The van der Waals surface area contributed by atoms with Gasteiger partial charge >= 0.3 is 0 Å². The average molecular weight is 312 g/mol. The molecule has 6 heteroatoms. The van der Waals surface area contributed by atoms with Gasteiger partial charge in [0.05, 0.1) is 6.61 Å². The van der Waals surface area contributed by atoms with Crippen LogP contribution in [0.1, 0.15) is 38.6 Å². The molecule has 2 atom stereocenters. The van der Waals surface area contributed by atoms with Crippen LogP contribution < -0.4 is 10.6 Å². The normalized spacial score (nSPS) is 13.8. The van der Waals surface area contributed by atoms with Crippen LogP contribution in [0.2, 0.25) is 0 Å². The zero-order chi connectivity index (χ0) is 15.8. The van der Waals surface area contributed by atoms with Crippen molar-refractivity contribution in [2.45, 2.75) is 51.8 Å². The number of hydrogen-bond acceptors (Lipinski definition) is 6. The summed E-state index contributed by atoms with van der Waals surface area (Å²) in [6.07, 6.45) is 3.90. The Morgan fingerprint density at radius 2 is 1.90 bits per heavy atom. The fourth-order valence-electron chi connectivity index (χ4n) is 2.12. The average Bonchev–Trinajstić information content (AvgIpc) is 2.45. The van der Waals surface area contributed by atoms with Crippen LogP contribution in [-0.4, -0.2) is 45.8 Å². The van der Waals surface area contributed by atoms with Crippen LogP contribution >= 0.6 is 11.8 Å². The largest absolute Gasteiger partial charge is 0.395 e. The summed E-state index contributed by atoms with van der Waals surface area (Å²) in [4.78, 5) is 9.23. The summed E-state index contributed by atoms with van der Waals surface area (Å²) in [5.41, 5.74) is 1.03. The molecule has 5 nitrogen and oxygen atoms in total. The topological polar surface area (TPSA) is 70.1 Å².